The van der Waals surface area contributed by atoms with Crippen LogP contribution in [-0.4, -0.2) is 32.5 Å². The topological polar surface area (TPSA) is 95.6 Å². The van der Waals surface area contributed by atoms with Crippen LogP contribution in [0.15, 0.2) is 66.7 Å². The third-order valence-corrected chi connectivity index (χ3v) is 7.15. The molecule has 2 N–H and O–H groups in total. The SMILES string of the molecule is CCC(C)NC(=O)c1ccccc1NC(=O)c1ccc(CN(c2c(C)cccc2C)S(C)(=O)=O)cc1. The molecule has 0 heterocycles. The highest BCUT2D eigenvalue weighted by Gasteiger charge is 2.22. The lowest BCUT2D eigenvalue weighted by atomic mass is 10.1. The number of anilines is 2. The van der Waals surface area contributed by atoms with Gasteiger partial charge in [0.1, 0.15) is 0 Å². The molecule has 0 bridgehead atoms. The van der Waals surface area contributed by atoms with Gasteiger partial charge in [0, 0.05) is 11.6 Å². The van der Waals surface area contributed by atoms with Crippen molar-refractivity contribution in [2.45, 2.75) is 46.7 Å². The minimum absolute atomic E-state index is 0.0174. The van der Waals surface area contributed by atoms with E-state index in [0.717, 1.165) is 23.1 Å². The van der Waals surface area contributed by atoms with Crippen molar-refractivity contribution >= 4 is 33.2 Å². The maximum Gasteiger partial charge on any atom is 0.255 e. The summed E-state index contributed by atoms with van der Waals surface area (Å²) in [4.78, 5) is 25.6. The summed E-state index contributed by atoms with van der Waals surface area (Å²) in [5.74, 6) is -0.608. The van der Waals surface area contributed by atoms with E-state index in [1.165, 1.54) is 10.6 Å². The predicted molar refractivity (Wildman–Crippen MR) is 145 cm³/mol. The van der Waals surface area contributed by atoms with E-state index in [0.29, 0.717) is 22.5 Å². The van der Waals surface area contributed by atoms with Gasteiger partial charge in [-0.05, 0) is 68.1 Å². The van der Waals surface area contributed by atoms with Crippen molar-refractivity contribution in [3.63, 3.8) is 0 Å². The smallest absolute Gasteiger partial charge is 0.255 e. The Labute approximate surface area is 213 Å². The number of hydrogen-bond acceptors (Lipinski definition) is 4. The molecule has 1 atom stereocenters. The van der Waals surface area contributed by atoms with Gasteiger partial charge in [0.15, 0.2) is 0 Å². The Balaban J connectivity index is 1.79. The highest BCUT2D eigenvalue weighted by Crippen LogP contribution is 2.28. The maximum absolute atomic E-state index is 12.9. The second-order valence-corrected chi connectivity index (χ2v) is 10.9. The van der Waals surface area contributed by atoms with Crippen LogP contribution in [0.1, 0.15) is 57.7 Å². The number of sulfonamides is 1. The van der Waals surface area contributed by atoms with Crippen molar-refractivity contribution in [2.24, 2.45) is 0 Å². The zero-order valence-corrected chi connectivity index (χ0v) is 22.1. The number of rotatable bonds is 9. The summed E-state index contributed by atoms with van der Waals surface area (Å²) in [6.45, 7) is 7.82. The molecule has 0 aromatic heterocycles. The van der Waals surface area contributed by atoms with Gasteiger partial charge in [0.05, 0.1) is 29.7 Å². The van der Waals surface area contributed by atoms with Crippen molar-refractivity contribution in [3.8, 4) is 0 Å². The van der Waals surface area contributed by atoms with Crippen LogP contribution in [0.2, 0.25) is 0 Å². The summed E-state index contributed by atoms with van der Waals surface area (Å²) in [6.07, 6.45) is 1.99. The Morgan fingerprint density at radius 3 is 2.08 bits per heavy atom. The van der Waals surface area contributed by atoms with Crippen molar-refractivity contribution < 1.29 is 18.0 Å². The van der Waals surface area contributed by atoms with Crippen molar-refractivity contribution in [1.29, 1.82) is 0 Å². The molecule has 0 saturated heterocycles. The van der Waals surface area contributed by atoms with Gasteiger partial charge < -0.3 is 10.6 Å². The minimum atomic E-state index is -3.54. The average Bonchev–Trinajstić information content (AvgIpc) is 2.83. The summed E-state index contributed by atoms with van der Waals surface area (Å²) in [7, 11) is -3.54. The summed E-state index contributed by atoms with van der Waals surface area (Å²) in [5, 5.41) is 5.73. The third kappa shape index (κ3) is 6.51. The Bertz CT molecular complexity index is 1330. The average molecular weight is 508 g/mol. The number of amides is 2. The molecule has 190 valence electrons. The molecule has 3 aromatic rings. The van der Waals surface area contributed by atoms with E-state index in [2.05, 4.69) is 10.6 Å². The van der Waals surface area contributed by atoms with Gasteiger partial charge in [0.25, 0.3) is 11.8 Å². The summed E-state index contributed by atoms with van der Waals surface area (Å²) >= 11 is 0. The van der Waals surface area contributed by atoms with Gasteiger partial charge in [0.2, 0.25) is 10.0 Å². The number of nitrogens with zero attached hydrogens (tertiary/aromatic N) is 1. The first-order valence-electron chi connectivity index (χ1n) is 11.8. The largest absolute Gasteiger partial charge is 0.350 e. The zero-order valence-electron chi connectivity index (χ0n) is 21.3. The first-order valence-corrected chi connectivity index (χ1v) is 13.7. The molecule has 7 nitrogen and oxygen atoms in total. The number of hydrogen-bond donors (Lipinski definition) is 2. The molecule has 2 amide bonds. The molecular weight excluding hydrogens is 474 g/mol. The molecule has 0 aliphatic heterocycles. The van der Waals surface area contributed by atoms with Gasteiger partial charge in [-0.1, -0.05) is 49.4 Å². The van der Waals surface area contributed by atoms with E-state index in [9.17, 15) is 18.0 Å². The molecule has 0 radical (unpaired) electrons. The van der Waals surface area contributed by atoms with Crippen LogP contribution < -0.4 is 14.9 Å². The van der Waals surface area contributed by atoms with Gasteiger partial charge >= 0.3 is 0 Å². The highest BCUT2D eigenvalue weighted by atomic mass is 32.2. The summed E-state index contributed by atoms with van der Waals surface area (Å²) in [5.41, 5.74) is 4.35. The van der Waals surface area contributed by atoms with Crippen LogP contribution in [0.25, 0.3) is 0 Å². The van der Waals surface area contributed by atoms with Gasteiger partial charge in [-0.15, -0.1) is 0 Å². The second kappa shape index (κ2) is 11.4. The lowest BCUT2D eigenvalue weighted by Crippen LogP contribution is -2.32. The standard InChI is InChI=1S/C28H33N3O4S/c1-6-21(4)29-28(33)24-12-7-8-13-25(24)30-27(32)23-16-14-22(15-17-23)18-31(36(5,34)35)26-19(2)10-9-11-20(26)3/h7-17,21H,6,18H2,1-5H3,(H,29,33)(H,30,32). The zero-order chi connectivity index (χ0) is 26.5. The molecule has 0 spiro atoms. The fraction of sp³-hybridized carbons (Fsp3) is 0.286. The third-order valence-electron chi connectivity index (χ3n) is 6.04. The van der Waals surface area contributed by atoms with Crippen LogP contribution in [-0.2, 0) is 16.6 Å². The molecule has 8 heteroatoms. The van der Waals surface area contributed by atoms with Crippen molar-refractivity contribution in [1.82, 2.24) is 5.32 Å². The Morgan fingerprint density at radius 1 is 0.889 bits per heavy atom. The van der Waals surface area contributed by atoms with Crippen LogP contribution in [0, 0.1) is 13.8 Å². The number of nitrogens with one attached hydrogen (secondary N) is 2. The van der Waals surface area contributed by atoms with Crippen LogP contribution in [0.5, 0.6) is 0 Å². The lowest BCUT2D eigenvalue weighted by Gasteiger charge is -2.26. The Morgan fingerprint density at radius 2 is 1.50 bits per heavy atom. The number of benzene rings is 3. The van der Waals surface area contributed by atoms with Crippen LogP contribution in [0.4, 0.5) is 11.4 Å². The molecule has 3 aromatic carbocycles. The number of aryl methyl sites for hydroxylation is 2. The fourth-order valence-electron chi connectivity index (χ4n) is 3.88. The van der Waals surface area contributed by atoms with Crippen molar-refractivity contribution in [2.75, 3.05) is 15.9 Å². The Hall–Kier alpha value is -3.65. The van der Waals surface area contributed by atoms with E-state index < -0.39 is 10.0 Å². The number of carbonyl (C=O) groups excluding carboxylic acids is 2. The molecule has 3 rings (SSSR count). The number of para-hydroxylation sites is 2. The lowest BCUT2D eigenvalue weighted by molar-refractivity contribution is 0.0940. The van der Waals surface area contributed by atoms with E-state index in [1.54, 1.807) is 48.5 Å². The van der Waals surface area contributed by atoms with E-state index in [1.807, 2.05) is 45.9 Å². The molecule has 0 aliphatic carbocycles. The maximum atomic E-state index is 12.9. The second-order valence-electron chi connectivity index (χ2n) is 8.99. The van der Waals surface area contributed by atoms with Gasteiger partial charge in [-0.2, -0.15) is 0 Å². The predicted octanol–water partition coefficient (Wildman–Crippen LogP) is 5.05. The van der Waals surface area contributed by atoms with Crippen LogP contribution in [0.3, 0.4) is 0 Å². The summed E-state index contributed by atoms with van der Waals surface area (Å²) < 4.78 is 26.6. The first-order chi connectivity index (χ1) is 17.0. The monoisotopic (exact) mass is 507 g/mol. The summed E-state index contributed by atoms with van der Waals surface area (Å²) in [6, 6.07) is 19.3. The van der Waals surface area contributed by atoms with Crippen molar-refractivity contribution in [3.05, 3.63) is 94.5 Å². The molecule has 36 heavy (non-hydrogen) atoms. The molecule has 0 saturated carbocycles. The van der Waals surface area contributed by atoms with E-state index in [-0.39, 0.29) is 24.4 Å². The fourth-order valence-corrected chi connectivity index (χ4v) is 4.88. The normalized spacial score (nSPS) is 12.0. The molecule has 1 unspecified atom stereocenters. The quantitative estimate of drug-likeness (QED) is 0.424. The van der Waals surface area contributed by atoms with E-state index in [4.69, 9.17) is 0 Å². The Kier molecular flexibility index (Phi) is 8.53. The van der Waals surface area contributed by atoms with Gasteiger partial charge in [-0.25, -0.2) is 8.42 Å². The van der Waals surface area contributed by atoms with Crippen LogP contribution >= 0.6 is 0 Å². The van der Waals surface area contributed by atoms with Gasteiger partial charge in [-0.3, -0.25) is 13.9 Å². The minimum Gasteiger partial charge on any atom is -0.350 e. The highest BCUT2D eigenvalue weighted by molar-refractivity contribution is 7.92. The first kappa shape index (κ1) is 26.9. The molecule has 0 aliphatic rings. The number of carbonyl (C=O) groups is 2. The molecule has 0 fully saturated rings. The molecular formula is C28H33N3O4S. The van der Waals surface area contributed by atoms with E-state index >= 15 is 0 Å².